The molecule has 2 aliphatic heterocycles. The predicted molar refractivity (Wildman–Crippen MR) is 137 cm³/mol. The van der Waals surface area contributed by atoms with E-state index in [0.717, 1.165) is 53.9 Å². The summed E-state index contributed by atoms with van der Waals surface area (Å²) < 4.78 is 18.4. The number of likely N-dealkylation sites (tertiary alicyclic amines) is 1. The van der Waals surface area contributed by atoms with Crippen LogP contribution in [0.15, 0.2) is 24.4 Å². The number of fused-ring (bicyclic) bond motifs is 1. The van der Waals surface area contributed by atoms with Crippen molar-refractivity contribution in [1.82, 2.24) is 14.3 Å². The summed E-state index contributed by atoms with van der Waals surface area (Å²) in [5.74, 6) is -0.562. The normalized spacial score (nSPS) is 17.1. The average molecular weight is 496 g/mol. The van der Waals surface area contributed by atoms with Crippen molar-refractivity contribution in [3.63, 3.8) is 0 Å². The van der Waals surface area contributed by atoms with Crippen LogP contribution < -0.4 is 10.2 Å². The van der Waals surface area contributed by atoms with Gasteiger partial charge in [0.05, 0.1) is 22.3 Å². The molecule has 9 heteroatoms. The number of nitrogens with one attached hydrogen (secondary N) is 1. The molecule has 0 atom stereocenters. The van der Waals surface area contributed by atoms with E-state index in [4.69, 9.17) is 0 Å². The Hall–Kier alpha value is -3.07. The van der Waals surface area contributed by atoms with Gasteiger partial charge < -0.3 is 15.1 Å². The predicted octanol–water partition coefficient (Wildman–Crippen LogP) is 4.93. The van der Waals surface area contributed by atoms with Crippen LogP contribution in [0.3, 0.4) is 0 Å². The van der Waals surface area contributed by atoms with Gasteiger partial charge in [-0.25, -0.2) is 9.37 Å². The number of pyridine rings is 1. The maximum Gasteiger partial charge on any atom is 0.257 e. The smallest absolute Gasteiger partial charge is 0.257 e. The van der Waals surface area contributed by atoms with Crippen molar-refractivity contribution in [1.29, 1.82) is 0 Å². The molecule has 7 nitrogen and oxygen atoms in total. The van der Waals surface area contributed by atoms with Crippen LogP contribution in [0.25, 0.3) is 10.2 Å². The number of hydrogen-bond donors (Lipinski definition) is 1. The monoisotopic (exact) mass is 495 g/mol. The van der Waals surface area contributed by atoms with E-state index < -0.39 is 0 Å². The summed E-state index contributed by atoms with van der Waals surface area (Å²) in [5.41, 5.74) is 3.43. The van der Waals surface area contributed by atoms with Gasteiger partial charge in [0.25, 0.3) is 5.91 Å². The summed E-state index contributed by atoms with van der Waals surface area (Å²) in [7, 11) is 0. The molecule has 0 spiro atoms. The number of benzene rings is 1. The van der Waals surface area contributed by atoms with Crippen molar-refractivity contribution >= 4 is 44.9 Å². The lowest BCUT2D eigenvalue weighted by molar-refractivity contribution is -0.120. The Labute approximate surface area is 208 Å². The van der Waals surface area contributed by atoms with Crippen molar-refractivity contribution in [3.8, 4) is 0 Å². The molecule has 2 saturated heterocycles. The minimum atomic E-state index is -0.329. The third-order valence-corrected chi connectivity index (χ3v) is 7.99. The topological polar surface area (TPSA) is 78.4 Å². The molecule has 0 aliphatic carbocycles. The number of anilines is 2. The largest absolute Gasteiger partial charge is 0.370 e. The molecule has 3 aromatic rings. The fourth-order valence-electron chi connectivity index (χ4n) is 5.07. The number of nitrogens with zero attached hydrogens (tertiary/aromatic N) is 4. The highest BCUT2D eigenvalue weighted by Crippen LogP contribution is 2.37. The van der Waals surface area contributed by atoms with Gasteiger partial charge in [0.15, 0.2) is 0 Å². The third-order valence-electron chi connectivity index (χ3n) is 7.14. The van der Waals surface area contributed by atoms with Gasteiger partial charge in [-0.3, -0.25) is 9.59 Å². The summed E-state index contributed by atoms with van der Waals surface area (Å²) in [4.78, 5) is 35.9. The summed E-state index contributed by atoms with van der Waals surface area (Å²) in [6.45, 7) is 6.50. The fourth-order valence-corrected chi connectivity index (χ4v) is 5.82. The molecule has 0 unspecified atom stereocenters. The van der Waals surface area contributed by atoms with Gasteiger partial charge in [0.1, 0.15) is 10.6 Å². The fraction of sp³-hybridized carbons (Fsp3) is 0.462. The van der Waals surface area contributed by atoms with E-state index in [-0.39, 0.29) is 23.5 Å². The zero-order valence-corrected chi connectivity index (χ0v) is 21.0. The minimum Gasteiger partial charge on any atom is -0.370 e. The molecule has 2 fully saturated rings. The zero-order valence-electron chi connectivity index (χ0n) is 20.1. The average Bonchev–Trinajstić information content (AvgIpc) is 3.26. The first kappa shape index (κ1) is 23.7. The van der Waals surface area contributed by atoms with E-state index in [1.165, 1.54) is 17.6 Å². The van der Waals surface area contributed by atoms with Crippen LogP contribution in [-0.2, 0) is 4.79 Å². The lowest BCUT2D eigenvalue weighted by atomic mass is 9.94. The van der Waals surface area contributed by atoms with Gasteiger partial charge in [0.2, 0.25) is 5.91 Å². The molecule has 2 aromatic heterocycles. The summed E-state index contributed by atoms with van der Waals surface area (Å²) in [6, 6.07) is 4.76. The molecule has 0 radical (unpaired) electrons. The van der Waals surface area contributed by atoms with Gasteiger partial charge >= 0.3 is 0 Å². The number of amides is 2. The number of rotatable bonds is 4. The number of piperidine rings is 2. The maximum atomic E-state index is 13.9. The first-order chi connectivity index (χ1) is 16.9. The van der Waals surface area contributed by atoms with E-state index >= 15 is 0 Å². The van der Waals surface area contributed by atoms with Crippen LogP contribution in [0.4, 0.5) is 15.8 Å². The lowest BCUT2D eigenvalue weighted by Gasteiger charge is -2.35. The van der Waals surface area contributed by atoms with Crippen LogP contribution in [0.1, 0.15) is 53.7 Å². The second-order valence-electron chi connectivity index (χ2n) is 9.54. The Kier molecular flexibility index (Phi) is 6.69. The number of halogens is 1. The van der Waals surface area contributed by atoms with Gasteiger partial charge in [-0.05, 0) is 75.2 Å². The van der Waals surface area contributed by atoms with E-state index in [0.29, 0.717) is 42.7 Å². The van der Waals surface area contributed by atoms with Gasteiger partial charge in [0, 0.05) is 44.0 Å². The Morgan fingerprint density at radius 2 is 1.83 bits per heavy atom. The third kappa shape index (κ3) is 4.74. The number of aromatic nitrogens is 2. The molecule has 0 saturated carbocycles. The maximum absolute atomic E-state index is 13.9. The first-order valence-electron chi connectivity index (χ1n) is 12.3. The van der Waals surface area contributed by atoms with E-state index in [2.05, 4.69) is 19.6 Å². The van der Waals surface area contributed by atoms with Gasteiger partial charge in [-0.1, -0.05) is 6.07 Å². The van der Waals surface area contributed by atoms with Crippen LogP contribution in [0.5, 0.6) is 0 Å². The number of carbonyl (C=O) groups is 2. The van der Waals surface area contributed by atoms with E-state index in [1.807, 2.05) is 11.8 Å². The van der Waals surface area contributed by atoms with Crippen molar-refractivity contribution < 1.29 is 14.0 Å². The Bertz CT molecular complexity index is 1260. The number of aryl methyl sites for hydroxylation is 2. The molecule has 35 heavy (non-hydrogen) atoms. The number of carbonyl (C=O) groups excluding carboxylic acids is 2. The molecule has 184 valence electrons. The van der Waals surface area contributed by atoms with Crippen molar-refractivity contribution in [3.05, 3.63) is 47.0 Å². The Balaban J connectivity index is 1.36. The summed E-state index contributed by atoms with van der Waals surface area (Å²) in [6.07, 6.45) is 6.22. The Morgan fingerprint density at radius 3 is 2.54 bits per heavy atom. The molecule has 1 aromatic carbocycles. The zero-order chi connectivity index (χ0) is 24.5. The van der Waals surface area contributed by atoms with Crippen molar-refractivity contribution in [2.24, 2.45) is 5.92 Å². The second kappa shape index (κ2) is 9.89. The number of hydrogen-bond acceptors (Lipinski definition) is 6. The molecule has 2 aliphatic rings. The van der Waals surface area contributed by atoms with Crippen LogP contribution in [0, 0.1) is 25.6 Å². The standard InChI is InChI=1S/C26H30FN5O2S/c1-16-6-7-19(14-21(16)27)29-24(33)18-8-12-31(13-9-18)23-20(26(34)32-10-4-3-5-11-32)15-28-25-22(23)17(2)30-35-25/h6-7,14-15,18H,3-5,8-13H2,1-2H3,(H,29,33). The molecule has 1 N–H and O–H groups in total. The first-order valence-corrected chi connectivity index (χ1v) is 13.1. The van der Waals surface area contributed by atoms with Crippen LogP contribution in [0.2, 0.25) is 0 Å². The lowest BCUT2D eigenvalue weighted by Crippen LogP contribution is -2.40. The van der Waals surface area contributed by atoms with Gasteiger partial charge in [-0.15, -0.1) is 0 Å². The van der Waals surface area contributed by atoms with E-state index in [1.54, 1.807) is 25.3 Å². The van der Waals surface area contributed by atoms with Crippen molar-refractivity contribution in [2.75, 3.05) is 36.4 Å². The molecule has 0 bridgehead atoms. The molecular formula is C26H30FN5O2S. The van der Waals surface area contributed by atoms with Gasteiger partial charge in [-0.2, -0.15) is 4.37 Å². The molecule has 2 amide bonds. The summed E-state index contributed by atoms with van der Waals surface area (Å²) in [5, 5.41) is 3.81. The van der Waals surface area contributed by atoms with Crippen LogP contribution in [-0.4, -0.2) is 52.3 Å². The highest BCUT2D eigenvalue weighted by Gasteiger charge is 2.31. The molecular weight excluding hydrogens is 465 g/mol. The highest BCUT2D eigenvalue weighted by atomic mass is 32.1. The quantitative estimate of drug-likeness (QED) is 0.555. The summed E-state index contributed by atoms with van der Waals surface area (Å²) >= 11 is 1.35. The SMILES string of the molecule is Cc1ccc(NC(=O)C2CCN(c3c(C(=O)N4CCCCC4)cnc4snc(C)c34)CC2)cc1F. The van der Waals surface area contributed by atoms with Crippen LogP contribution >= 0.6 is 11.5 Å². The molecule has 4 heterocycles. The highest BCUT2D eigenvalue weighted by molar-refractivity contribution is 7.13. The van der Waals surface area contributed by atoms with E-state index in [9.17, 15) is 14.0 Å². The van der Waals surface area contributed by atoms with Crippen molar-refractivity contribution in [2.45, 2.75) is 46.0 Å². The molecule has 5 rings (SSSR count). The second-order valence-corrected chi connectivity index (χ2v) is 10.3. The Morgan fingerprint density at radius 1 is 1.09 bits per heavy atom. The minimum absolute atomic E-state index is 0.0287.